The molecule has 0 fully saturated rings. The summed E-state index contributed by atoms with van der Waals surface area (Å²) in [6, 6.07) is 0. The third kappa shape index (κ3) is 2.23. The molecule has 0 saturated carbocycles. The van der Waals surface area contributed by atoms with Gasteiger partial charge in [-0.1, -0.05) is 12.2 Å². The molecule has 1 aliphatic rings. The molecule has 1 rings (SSSR count). The van der Waals surface area contributed by atoms with E-state index in [-0.39, 0.29) is 12.8 Å². The maximum absolute atomic E-state index is 12.3. The Morgan fingerprint density at radius 3 is 2.23 bits per heavy atom. The smallest absolute Gasteiger partial charge is 0.392 e. The van der Waals surface area contributed by atoms with Gasteiger partial charge in [0.2, 0.25) is 0 Å². The monoisotopic (exact) mass is 194 g/mol. The molecule has 0 aromatic heterocycles. The lowest BCUT2D eigenvalue weighted by Crippen LogP contribution is -2.35. The molecule has 2 nitrogen and oxygen atoms in total. The summed E-state index contributed by atoms with van der Waals surface area (Å²) >= 11 is 0. The number of alkyl halides is 3. The maximum Gasteiger partial charge on any atom is 0.392 e. The lowest BCUT2D eigenvalue weighted by molar-refractivity contribution is -0.196. The van der Waals surface area contributed by atoms with Crippen molar-refractivity contribution in [3.05, 3.63) is 12.2 Å². The SMILES string of the molecule is O=C(O)C1CC=CCC1C(F)(F)F. The van der Waals surface area contributed by atoms with Crippen LogP contribution in [0.1, 0.15) is 12.8 Å². The third-order valence-electron chi connectivity index (χ3n) is 2.17. The zero-order valence-corrected chi connectivity index (χ0v) is 6.71. The molecule has 13 heavy (non-hydrogen) atoms. The number of hydrogen-bond donors (Lipinski definition) is 1. The van der Waals surface area contributed by atoms with Crippen molar-refractivity contribution in [2.75, 3.05) is 0 Å². The number of halogens is 3. The van der Waals surface area contributed by atoms with Gasteiger partial charge in [0.15, 0.2) is 0 Å². The minimum Gasteiger partial charge on any atom is -0.481 e. The maximum atomic E-state index is 12.3. The molecular formula is C8H9F3O2. The second kappa shape index (κ2) is 3.40. The van der Waals surface area contributed by atoms with Crippen molar-refractivity contribution in [1.82, 2.24) is 0 Å². The predicted octanol–water partition coefficient (Wildman–Crippen LogP) is 2.22. The molecule has 0 aromatic rings. The van der Waals surface area contributed by atoms with Crippen LogP contribution in [0.15, 0.2) is 12.2 Å². The Morgan fingerprint density at radius 2 is 1.85 bits per heavy atom. The van der Waals surface area contributed by atoms with Crippen LogP contribution >= 0.6 is 0 Å². The first kappa shape index (κ1) is 10.1. The topological polar surface area (TPSA) is 37.3 Å². The number of carbonyl (C=O) groups is 1. The molecule has 2 atom stereocenters. The summed E-state index contributed by atoms with van der Waals surface area (Å²) in [6.45, 7) is 0. The van der Waals surface area contributed by atoms with E-state index in [1.54, 1.807) is 0 Å². The molecular weight excluding hydrogens is 185 g/mol. The van der Waals surface area contributed by atoms with E-state index < -0.39 is 24.0 Å². The summed E-state index contributed by atoms with van der Waals surface area (Å²) in [5.41, 5.74) is 0. The van der Waals surface area contributed by atoms with Gasteiger partial charge in [-0.2, -0.15) is 13.2 Å². The van der Waals surface area contributed by atoms with Gasteiger partial charge in [0, 0.05) is 0 Å². The Labute approximate surface area is 73.1 Å². The number of hydrogen-bond acceptors (Lipinski definition) is 1. The van der Waals surface area contributed by atoms with Gasteiger partial charge < -0.3 is 5.11 Å². The van der Waals surface area contributed by atoms with E-state index in [2.05, 4.69) is 0 Å². The van der Waals surface area contributed by atoms with Crippen molar-refractivity contribution in [3.8, 4) is 0 Å². The van der Waals surface area contributed by atoms with Crippen LogP contribution in [0.5, 0.6) is 0 Å². The lowest BCUT2D eigenvalue weighted by atomic mass is 9.82. The van der Waals surface area contributed by atoms with Crippen LogP contribution in [0.3, 0.4) is 0 Å². The van der Waals surface area contributed by atoms with Crippen molar-refractivity contribution >= 4 is 5.97 Å². The second-order valence-corrected chi connectivity index (χ2v) is 3.04. The average Bonchev–Trinajstić information content (AvgIpc) is 2.03. The minimum absolute atomic E-state index is 0.0283. The molecule has 0 amide bonds. The third-order valence-corrected chi connectivity index (χ3v) is 2.17. The molecule has 0 heterocycles. The zero-order valence-electron chi connectivity index (χ0n) is 6.71. The summed E-state index contributed by atoms with van der Waals surface area (Å²) < 4.78 is 36.8. The van der Waals surface area contributed by atoms with Gasteiger partial charge in [0.05, 0.1) is 11.8 Å². The molecule has 0 aromatic carbocycles. The molecule has 1 N–H and O–H groups in total. The van der Waals surface area contributed by atoms with Crippen LogP contribution in [0.4, 0.5) is 13.2 Å². The van der Waals surface area contributed by atoms with Gasteiger partial charge in [0.1, 0.15) is 0 Å². The van der Waals surface area contributed by atoms with Crippen LogP contribution in [0, 0.1) is 11.8 Å². The van der Waals surface area contributed by atoms with E-state index in [0.717, 1.165) is 0 Å². The molecule has 74 valence electrons. The highest BCUT2D eigenvalue weighted by atomic mass is 19.4. The molecule has 0 saturated heterocycles. The standard InChI is InChI=1S/C8H9F3O2/c9-8(10,11)6-4-2-1-3-5(6)7(12)13/h1-2,5-6H,3-4H2,(H,12,13). The van der Waals surface area contributed by atoms with Crippen molar-refractivity contribution in [1.29, 1.82) is 0 Å². The van der Waals surface area contributed by atoms with E-state index >= 15 is 0 Å². The highest BCUT2D eigenvalue weighted by Crippen LogP contribution is 2.38. The summed E-state index contributed by atoms with van der Waals surface area (Å²) in [5, 5.41) is 8.54. The largest absolute Gasteiger partial charge is 0.481 e. The molecule has 5 heteroatoms. The van der Waals surface area contributed by atoms with E-state index in [0.29, 0.717) is 0 Å². The molecule has 0 radical (unpaired) electrons. The number of allylic oxidation sites excluding steroid dienone is 2. The van der Waals surface area contributed by atoms with Crippen LogP contribution in [0.25, 0.3) is 0 Å². The zero-order chi connectivity index (χ0) is 10.1. The van der Waals surface area contributed by atoms with Crippen LogP contribution in [0.2, 0.25) is 0 Å². The van der Waals surface area contributed by atoms with Crippen molar-refractivity contribution in [2.45, 2.75) is 19.0 Å². The molecule has 2 unspecified atom stereocenters. The van der Waals surface area contributed by atoms with Gasteiger partial charge in [-0.15, -0.1) is 0 Å². The van der Waals surface area contributed by atoms with Crippen LogP contribution in [-0.4, -0.2) is 17.3 Å². The van der Waals surface area contributed by atoms with Gasteiger partial charge in [0.25, 0.3) is 0 Å². The minimum atomic E-state index is -4.41. The fraction of sp³-hybridized carbons (Fsp3) is 0.625. The number of aliphatic carboxylic acids is 1. The Morgan fingerprint density at radius 1 is 1.31 bits per heavy atom. The molecule has 0 aliphatic heterocycles. The van der Waals surface area contributed by atoms with Crippen LogP contribution in [-0.2, 0) is 4.79 Å². The highest BCUT2D eigenvalue weighted by molar-refractivity contribution is 5.71. The average molecular weight is 194 g/mol. The number of rotatable bonds is 1. The quantitative estimate of drug-likeness (QED) is 0.650. The van der Waals surface area contributed by atoms with Gasteiger partial charge >= 0.3 is 12.1 Å². The highest BCUT2D eigenvalue weighted by Gasteiger charge is 2.47. The van der Waals surface area contributed by atoms with Crippen LogP contribution < -0.4 is 0 Å². The Kier molecular flexibility index (Phi) is 2.63. The van der Waals surface area contributed by atoms with Crippen molar-refractivity contribution in [3.63, 3.8) is 0 Å². The number of carboxylic acids is 1. The fourth-order valence-electron chi connectivity index (χ4n) is 1.45. The summed E-state index contributed by atoms with van der Waals surface area (Å²) in [7, 11) is 0. The Hall–Kier alpha value is -1.00. The molecule has 1 aliphatic carbocycles. The van der Waals surface area contributed by atoms with E-state index in [9.17, 15) is 18.0 Å². The van der Waals surface area contributed by atoms with Gasteiger partial charge in [-0.25, -0.2) is 0 Å². The Balaban J connectivity index is 2.81. The van der Waals surface area contributed by atoms with E-state index in [1.807, 2.05) is 0 Å². The summed E-state index contributed by atoms with van der Waals surface area (Å²) in [6.07, 6.45) is -1.79. The normalized spacial score (nSPS) is 28.8. The Bertz CT molecular complexity index is 232. The van der Waals surface area contributed by atoms with E-state index in [4.69, 9.17) is 5.11 Å². The first-order chi connectivity index (χ1) is 5.93. The summed E-state index contributed by atoms with van der Waals surface area (Å²) in [5.74, 6) is -4.41. The first-order valence-corrected chi connectivity index (χ1v) is 3.87. The summed E-state index contributed by atoms with van der Waals surface area (Å²) in [4.78, 5) is 10.5. The fourth-order valence-corrected chi connectivity index (χ4v) is 1.45. The van der Waals surface area contributed by atoms with Crippen molar-refractivity contribution < 1.29 is 23.1 Å². The first-order valence-electron chi connectivity index (χ1n) is 3.87. The molecule has 0 spiro atoms. The van der Waals surface area contributed by atoms with Gasteiger partial charge in [-0.05, 0) is 12.8 Å². The predicted molar refractivity (Wildman–Crippen MR) is 39.0 cm³/mol. The van der Waals surface area contributed by atoms with Crippen molar-refractivity contribution in [2.24, 2.45) is 11.8 Å². The second-order valence-electron chi connectivity index (χ2n) is 3.04. The lowest BCUT2D eigenvalue weighted by Gasteiger charge is -2.26. The number of carboxylic acid groups (broad SMARTS) is 1. The van der Waals surface area contributed by atoms with Gasteiger partial charge in [-0.3, -0.25) is 4.79 Å². The van der Waals surface area contributed by atoms with E-state index in [1.165, 1.54) is 12.2 Å². The molecule has 0 bridgehead atoms.